The summed E-state index contributed by atoms with van der Waals surface area (Å²) in [4.78, 5) is 29.7. The molecule has 1 saturated heterocycles. The molecule has 0 saturated carbocycles. The summed E-state index contributed by atoms with van der Waals surface area (Å²) >= 11 is 0. The van der Waals surface area contributed by atoms with Gasteiger partial charge in [0.05, 0.1) is 0 Å². The summed E-state index contributed by atoms with van der Waals surface area (Å²) in [7, 11) is 3.97. The van der Waals surface area contributed by atoms with E-state index in [9.17, 15) is 9.59 Å². The van der Waals surface area contributed by atoms with Crippen molar-refractivity contribution in [1.29, 1.82) is 0 Å². The summed E-state index contributed by atoms with van der Waals surface area (Å²) in [5.41, 5.74) is 3.77. The number of rotatable bonds is 4. The Morgan fingerprint density at radius 3 is 1.89 bits per heavy atom. The summed E-state index contributed by atoms with van der Waals surface area (Å²) < 4.78 is 0. The smallest absolute Gasteiger partial charge is 0.321 e. The van der Waals surface area contributed by atoms with Crippen molar-refractivity contribution in [3.05, 3.63) is 48.5 Å². The molecule has 0 bridgehead atoms. The van der Waals surface area contributed by atoms with Gasteiger partial charge in [-0.2, -0.15) is 0 Å². The fraction of sp³-hybridized carbons (Fsp3) is 0.333. The fourth-order valence-electron chi connectivity index (χ4n) is 3.17. The Kier molecular flexibility index (Phi) is 6.03. The molecule has 28 heavy (non-hydrogen) atoms. The molecule has 2 aromatic carbocycles. The van der Waals surface area contributed by atoms with Crippen LogP contribution in [0.5, 0.6) is 0 Å². The zero-order chi connectivity index (χ0) is 20.1. The number of hydrogen-bond acceptors (Lipinski definition) is 4. The first-order chi connectivity index (χ1) is 13.4. The van der Waals surface area contributed by atoms with E-state index in [1.807, 2.05) is 72.4 Å². The number of benzene rings is 2. The van der Waals surface area contributed by atoms with Gasteiger partial charge in [0.15, 0.2) is 0 Å². The van der Waals surface area contributed by atoms with E-state index in [2.05, 4.69) is 15.5 Å². The topological polar surface area (TPSA) is 67.9 Å². The largest absolute Gasteiger partial charge is 0.378 e. The van der Waals surface area contributed by atoms with Gasteiger partial charge in [0.2, 0.25) is 5.91 Å². The Labute approximate surface area is 165 Å². The first-order valence-electron chi connectivity index (χ1n) is 9.38. The molecule has 0 radical (unpaired) electrons. The monoisotopic (exact) mass is 381 g/mol. The maximum absolute atomic E-state index is 12.5. The number of piperazine rings is 1. The van der Waals surface area contributed by atoms with Gasteiger partial charge in [-0.1, -0.05) is 0 Å². The van der Waals surface area contributed by atoms with Gasteiger partial charge in [-0.25, -0.2) is 4.79 Å². The Morgan fingerprint density at radius 1 is 0.821 bits per heavy atom. The van der Waals surface area contributed by atoms with Crippen LogP contribution in [0.1, 0.15) is 6.92 Å². The number of anilines is 4. The second kappa shape index (κ2) is 8.65. The minimum absolute atomic E-state index is 0.0711. The highest BCUT2D eigenvalue weighted by Crippen LogP contribution is 2.20. The molecule has 1 fully saturated rings. The lowest BCUT2D eigenvalue weighted by Crippen LogP contribution is -2.50. The molecule has 0 aromatic heterocycles. The average Bonchev–Trinajstić information content (AvgIpc) is 2.68. The van der Waals surface area contributed by atoms with Crippen LogP contribution in [0, 0.1) is 0 Å². The van der Waals surface area contributed by atoms with Gasteiger partial charge >= 0.3 is 6.03 Å². The maximum atomic E-state index is 12.5. The number of nitrogens with one attached hydrogen (secondary N) is 2. The minimum Gasteiger partial charge on any atom is -0.378 e. The van der Waals surface area contributed by atoms with Crippen LogP contribution >= 0.6 is 0 Å². The van der Waals surface area contributed by atoms with E-state index >= 15 is 0 Å². The van der Waals surface area contributed by atoms with Gasteiger partial charge in [-0.05, 0) is 48.5 Å². The minimum atomic E-state index is -0.0799. The number of amides is 3. The number of carbonyl (C=O) groups excluding carboxylic acids is 2. The van der Waals surface area contributed by atoms with Crippen molar-refractivity contribution < 1.29 is 9.59 Å². The van der Waals surface area contributed by atoms with E-state index in [0.29, 0.717) is 13.1 Å². The summed E-state index contributed by atoms with van der Waals surface area (Å²) in [6.07, 6.45) is 0. The molecule has 0 aliphatic carbocycles. The second-order valence-corrected chi connectivity index (χ2v) is 7.07. The van der Waals surface area contributed by atoms with Gasteiger partial charge in [-0.3, -0.25) is 4.79 Å². The van der Waals surface area contributed by atoms with Crippen molar-refractivity contribution in [1.82, 2.24) is 4.90 Å². The second-order valence-electron chi connectivity index (χ2n) is 7.07. The third-order valence-corrected chi connectivity index (χ3v) is 4.75. The fourth-order valence-corrected chi connectivity index (χ4v) is 3.17. The molecule has 7 heteroatoms. The van der Waals surface area contributed by atoms with Gasteiger partial charge in [-0.15, -0.1) is 0 Å². The molecule has 7 nitrogen and oxygen atoms in total. The zero-order valence-corrected chi connectivity index (χ0v) is 16.6. The summed E-state index contributed by atoms with van der Waals surface area (Å²) in [6.45, 7) is 4.36. The molecule has 148 valence electrons. The molecule has 1 aliphatic heterocycles. The number of nitrogens with zero attached hydrogens (tertiary/aromatic N) is 3. The van der Waals surface area contributed by atoms with E-state index in [1.165, 1.54) is 6.92 Å². The number of urea groups is 1. The van der Waals surface area contributed by atoms with Crippen molar-refractivity contribution in [2.24, 2.45) is 0 Å². The van der Waals surface area contributed by atoms with Crippen molar-refractivity contribution in [2.45, 2.75) is 6.92 Å². The predicted octanol–water partition coefficient (Wildman–Crippen LogP) is 3.07. The van der Waals surface area contributed by atoms with Crippen LogP contribution in [0.4, 0.5) is 27.5 Å². The van der Waals surface area contributed by atoms with Crippen LogP contribution in [0.2, 0.25) is 0 Å². The SMILES string of the molecule is CC(=O)Nc1ccc(N2CCN(C(=O)Nc3ccc(N(C)C)cc3)CC2)cc1. The zero-order valence-electron chi connectivity index (χ0n) is 16.6. The van der Waals surface area contributed by atoms with E-state index in [0.717, 1.165) is 35.8 Å². The normalized spacial score (nSPS) is 13.8. The van der Waals surface area contributed by atoms with Crippen LogP contribution in [0.3, 0.4) is 0 Å². The average molecular weight is 381 g/mol. The molecule has 3 rings (SSSR count). The first kappa shape index (κ1) is 19.5. The standard InChI is InChI=1S/C21H27N5O2/c1-16(27)22-17-6-10-20(11-7-17)25-12-14-26(15-13-25)21(28)23-18-4-8-19(9-5-18)24(2)3/h4-11H,12-15H2,1-3H3,(H,22,27)(H,23,28). The first-order valence-corrected chi connectivity index (χ1v) is 9.38. The maximum Gasteiger partial charge on any atom is 0.321 e. The molecule has 2 aromatic rings. The Hall–Kier alpha value is -3.22. The van der Waals surface area contributed by atoms with E-state index in [1.54, 1.807) is 0 Å². The number of carbonyl (C=O) groups is 2. The Morgan fingerprint density at radius 2 is 1.36 bits per heavy atom. The quantitative estimate of drug-likeness (QED) is 0.854. The predicted molar refractivity (Wildman–Crippen MR) is 114 cm³/mol. The van der Waals surface area contributed by atoms with Crippen molar-refractivity contribution >= 4 is 34.7 Å². The lowest BCUT2D eigenvalue weighted by atomic mass is 10.2. The van der Waals surface area contributed by atoms with Crippen LogP contribution in [-0.2, 0) is 4.79 Å². The van der Waals surface area contributed by atoms with Crippen LogP contribution < -0.4 is 20.4 Å². The molecular formula is C21H27N5O2. The molecule has 1 aliphatic rings. The van der Waals surface area contributed by atoms with Crippen LogP contribution in [0.15, 0.2) is 48.5 Å². The lowest BCUT2D eigenvalue weighted by molar-refractivity contribution is -0.114. The molecule has 3 amide bonds. The molecule has 0 atom stereocenters. The highest BCUT2D eigenvalue weighted by molar-refractivity contribution is 5.90. The lowest BCUT2D eigenvalue weighted by Gasteiger charge is -2.36. The van der Waals surface area contributed by atoms with Crippen LogP contribution in [-0.4, -0.2) is 57.1 Å². The molecule has 1 heterocycles. The summed E-state index contributed by atoms with van der Waals surface area (Å²) in [5.74, 6) is -0.0799. The third-order valence-electron chi connectivity index (χ3n) is 4.75. The van der Waals surface area contributed by atoms with E-state index < -0.39 is 0 Å². The molecule has 0 unspecified atom stereocenters. The molecule has 2 N–H and O–H groups in total. The van der Waals surface area contributed by atoms with E-state index in [-0.39, 0.29) is 11.9 Å². The Balaban J connectivity index is 1.51. The van der Waals surface area contributed by atoms with E-state index in [4.69, 9.17) is 0 Å². The van der Waals surface area contributed by atoms with Crippen molar-refractivity contribution in [2.75, 3.05) is 60.7 Å². The summed E-state index contributed by atoms with van der Waals surface area (Å²) in [5, 5.41) is 5.74. The van der Waals surface area contributed by atoms with Crippen molar-refractivity contribution in [3.63, 3.8) is 0 Å². The van der Waals surface area contributed by atoms with Crippen LogP contribution in [0.25, 0.3) is 0 Å². The Bertz CT molecular complexity index is 810. The van der Waals surface area contributed by atoms with Gasteiger partial charge < -0.3 is 25.3 Å². The molecular weight excluding hydrogens is 354 g/mol. The highest BCUT2D eigenvalue weighted by Gasteiger charge is 2.21. The van der Waals surface area contributed by atoms with Gasteiger partial charge in [0.1, 0.15) is 0 Å². The van der Waals surface area contributed by atoms with Gasteiger partial charge in [0, 0.05) is 69.9 Å². The van der Waals surface area contributed by atoms with Gasteiger partial charge in [0.25, 0.3) is 0 Å². The summed E-state index contributed by atoms with van der Waals surface area (Å²) in [6, 6.07) is 15.5. The van der Waals surface area contributed by atoms with Crippen molar-refractivity contribution in [3.8, 4) is 0 Å². The highest BCUT2D eigenvalue weighted by atomic mass is 16.2. The third kappa shape index (κ3) is 4.94. The number of hydrogen-bond donors (Lipinski definition) is 2. The molecule has 0 spiro atoms.